The summed E-state index contributed by atoms with van der Waals surface area (Å²) in [6.45, 7) is 2.68. The molecule has 1 saturated heterocycles. The molecule has 1 unspecified atom stereocenters. The highest BCUT2D eigenvalue weighted by Gasteiger charge is 2.31. The number of methoxy groups -OCH3 is 1. The normalized spacial score (nSPS) is 17.9. The number of alkyl carbamates (subject to hydrolysis) is 1. The largest absolute Gasteiger partial charge is 0.453 e. The van der Waals surface area contributed by atoms with E-state index in [9.17, 15) is 9.59 Å². The lowest BCUT2D eigenvalue weighted by atomic mass is 10.2. The molecule has 1 aliphatic rings. The molecule has 0 radical (unpaired) electrons. The van der Waals surface area contributed by atoms with Gasteiger partial charge in [-0.3, -0.25) is 4.79 Å². The molecule has 7 nitrogen and oxygen atoms in total. The van der Waals surface area contributed by atoms with E-state index in [0.29, 0.717) is 6.54 Å². The molecule has 0 aliphatic carbocycles. The van der Waals surface area contributed by atoms with Crippen LogP contribution in [0.5, 0.6) is 0 Å². The van der Waals surface area contributed by atoms with Gasteiger partial charge in [0.25, 0.3) is 0 Å². The quantitative estimate of drug-likeness (QED) is 0.869. The first-order valence-electron chi connectivity index (χ1n) is 7.48. The highest BCUT2D eigenvalue weighted by Crippen LogP contribution is 2.30. The lowest BCUT2D eigenvalue weighted by molar-refractivity contribution is -0.131. The van der Waals surface area contributed by atoms with Crippen LogP contribution in [0, 0.1) is 0 Å². The summed E-state index contributed by atoms with van der Waals surface area (Å²) in [5.74, 6) is 0.662. The third kappa shape index (κ3) is 3.87. The summed E-state index contributed by atoms with van der Waals surface area (Å²) in [5, 5.41) is 2.42. The van der Waals surface area contributed by atoms with Crippen LogP contribution in [0.15, 0.2) is 12.3 Å². The van der Waals surface area contributed by atoms with Crippen LogP contribution in [0.2, 0.25) is 0 Å². The first-order chi connectivity index (χ1) is 10.7. The molecule has 2 amide bonds. The van der Waals surface area contributed by atoms with Crippen molar-refractivity contribution < 1.29 is 14.3 Å². The Bertz CT molecular complexity index is 553. The fourth-order valence-corrected chi connectivity index (χ4v) is 2.52. The van der Waals surface area contributed by atoms with Crippen LogP contribution in [0.4, 0.5) is 4.79 Å². The highest BCUT2D eigenvalue weighted by molar-refractivity contribution is 5.82. The Morgan fingerprint density at radius 2 is 2.41 bits per heavy atom. The second-order valence-corrected chi connectivity index (χ2v) is 5.12. The Kier molecular flexibility index (Phi) is 5.57. The Morgan fingerprint density at radius 1 is 1.59 bits per heavy atom. The van der Waals surface area contributed by atoms with Crippen molar-refractivity contribution in [3.8, 4) is 0 Å². The number of H-pyrrole nitrogens is 1. The second kappa shape index (κ2) is 7.63. The van der Waals surface area contributed by atoms with Gasteiger partial charge in [-0.25, -0.2) is 9.78 Å². The van der Waals surface area contributed by atoms with Gasteiger partial charge in [0.05, 0.1) is 25.0 Å². The van der Waals surface area contributed by atoms with E-state index in [2.05, 4.69) is 33.0 Å². The molecule has 7 heteroatoms. The van der Waals surface area contributed by atoms with E-state index in [-0.39, 0.29) is 18.5 Å². The molecule has 0 spiro atoms. The molecule has 1 atom stereocenters. The molecule has 0 bridgehead atoms. The number of carbonyl (C=O) groups excluding carboxylic acids is 2. The Hall–Kier alpha value is -2.31. The van der Waals surface area contributed by atoms with Gasteiger partial charge >= 0.3 is 6.09 Å². The molecule has 22 heavy (non-hydrogen) atoms. The van der Waals surface area contributed by atoms with Crippen molar-refractivity contribution in [3.05, 3.63) is 23.8 Å². The average Bonchev–Trinajstić information content (AvgIpc) is 3.18. The molecule has 1 aromatic rings. The fourth-order valence-electron chi connectivity index (χ4n) is 2.52. The summed E-state index contributed by atoms with van der Waals surface area (Å²) in [7, 11) is 1.27. The molecule has 120 valence electrons. The van der Waals surface area contributed by atoms with Crippen molar-refractivity contribution in [3.63, 3.8) is 0 Å². The molecular formula is C15H22N4O3. The predicted octanol–water partition coefficient (Wildman–Crippen LogP) is 1.85. The number of nitrogens with zero attached hydrogens (tertiary/aromatic N) is 2. The number of carbonyl (C=O) groups is 2. The van der Waals surface area contributed by atoms with Crippen molar-refractivity contribution in [2.24, 2.45) is 0 Å². The zero-order chi connectivity index (χ0) is 15.9. The van der Waals surface area contributed by atoms with Gasteiger partial charge < -0.3 is 19.9 Å². The summed E-state index contributed by atoms with van der Waals surface area (Å²) in [6.07, 6.45) is 7.96. The molecule has 2 heterocycles. The van der Waals surface area contributed by atoms with Gasteiger partial charge in [0.2, 0.25) is 5.91 Å². The second-order valence-electron chi connectivity index (χ2n) is 5.12. The molecule has 0 saturated carbocycles. The lowest BCUT2D eigenvalue weighted by Crippen LogP contribution is -2.40. The predicted molar refractivity (Wildman–Crippen MR) is 82.0 cm³/mol. The van der Waals surface area contributed by atoms with E-state index in [1.165, 1.54) is 7.11 Å². The zero-order valence-corrected chi connectivity index (χ0v) is 13.0. The van der Waals surface area contributed by atoms with Gasteiger partial charge in [-0.15, -0.1) is 0 Å². The van der Waals surface area contributed by atoms with Crippen molar-refractivity contribution in [1.82, 2.24) is 20.2 Å². The summed E-state index contributed by atoms with van der Waals surface area (Å²) < 4.78 is 4.47. The molecule has 1 aliphatic heterocycles. The van der Waals surface area contributed by atoms with Crippen LogP contribution >= 0.6 is 0 Å². The van der Waals surface area contributed by atoms with Gasteiger partial charge in [-0.2, -0.15) is 0 Å². The van der Waals surface area contributed by atoms with Crippen LogP contribution in [0.3, 0.4) is 0 Å². The summed E-state index contributed by atoms with van der Waals surface area (Å²) >= 11 is 0. The smallest absolute Gasteiger partial charge is 0.407 e. The van der Waals surface area contributed by atoms with E-state index < -0.39 is 6.09 Å². The minimum Gasteiger partial charge on any atom is -0.453 e. The summed E-state index contributed by atoms with van der Waals surface area (Å²) in [4.78, 5) is 32.7. The average molecular weight is 306 g/mol. The number of nitrogens with one attached hydrogen (secondary N) is 2. The third-order valence-corrected chi connectivity index (χ3v) is 3.61. The highest BCUT2D eigenvalue weighted by atomic mass is 16.5. The molecule has 2 N–H and O–H groups in total. The van der Waals surface area contributed by atoms with Gasteiger partial charge in [0, 0.05) is 6.54 Å². The number of aromatic amines is 1. The minimum atomic E-state index is -0.603. The number of hydrogen-bond donors (Lipinski definition) is 2. The molecule has 1 aromatic heterocycles. The number of likely N-dealkylation sites (tertiary alicyclic amines) is 1. The number of amides is 2. The van der Waals surface area contributed by atoms with E-state index in [0.717, 1.165) is 30.8 Å². The maximum Gasteiger partial charge on any atom is 0.407 e. The lowest BCUT2D eigenvalue weighted by Gasteiger charge is -2.23. The van der Waals surface area contributed by atoms with Gasteiger partial charge in [-0.1, -0.05) is 13.0 Å². The molecular weight excluding hydrogens is 284 g/mol. The molecule has 0 aromatic carbocycles. The van der Waals surface area contributed by atoms with Gasteiger partial charge in [-0.05, 0) is 25.3 Å². The van der Waals surface area contributed by atoms with Gasteiger partial charge in [0.15, 0.2) is 0 Å². The first-order valence-corrected chi connectivity index (χ1v) is 7.48. The summed E-state index contributed by atoms with van der Waals surface area (Å²) in [6, 6.07) is -0.0595. The number of aromatic nitrogens is 2. The zero-order valence-electron chi connectivity index (χ0n) is 13.0. The molecule has 2 rings (SSSR count). The van der Waals surface area contributed by atoms with E-state index in [1.807, 2.05) is 6.08 Å². The Morgan fingerprint density at radius 3 is 3.14 bits per heavy atom. The Labute approximate surface area is 129 Å². The number of ether oxygens (including phenoxy) is 1. The van der Waals surface area contributed by atoms with Crippen LogP contribution in [-0.4, -0.2) is 47.1 Å². The number of rotatable bonds is 5. The van der Waals surface area contributed by atoms with E-state index in [4.69, 9.17) is 0 Å². The fraction of sp³-hybridized carbons (Fsp3) is 0.533. The molecule has 1 fully saturated rings. The van der Waals surface area contributed by atoms with Crippen LogP contribution in [-0.2, 0) is 9.53 Å². The van der Waals surface area contributed by atoms with Crippen molar-refractivity contribution in [1.29, 1.82) is 0 Å². The number of hydrogen-bond acceptors (Lipinski definition) is 4. The van der Waals surface area contributed by atoms with E-state index in [1.54, 1.807) is 11.1 Å². The van der Waals surface area contributed by atoms with Crippen molar-refractivity contribution in [2.75, 3.05) is 20.2 Å². The Balaban J connectivity index is 2.00. The van der Waals surface area contributed by atoms with Gasteiger partial charge in [0.1, 0.15) is 12.4 Å². The first kappa shape index (κ1) is 16.1. The van der Waals surface area contributed by atoms with Crippen LogP contribution in [0.1, 0.15) is 43.7 Å². The standard InChI is InChI=1S/C15H22N4O3/c1-3-4-6-11-9-16-14(18-11)12-7-5-8-19(12)13(20)10-17-15(21)22-2/h4,6,9,12H,3,5,7-8,10H2,1-2H3,(H,16,18)(H,17,21)/b6-4-. The topological polar surface area (TPSA) is 87.3 Å². The van der Waals surface area contributed by atoms with E-state index >= 15 is 0 Å². The number of imidazole rings is 1. The number of allylic oxidation sites excluding steroid dienone is 1. The minimum absolute atomic E-state index is 0.0595. The monoisotopic (exact) mass is 306 g/mol. The van der Waals surface area contributed by atoms with Crippen molar-refractivity contribution >= 4 is 18.1 Å². The van der Waals surface area contributed by atoms with Crippen molar-refractivity contribution in [2.45, 2.75) is 32.2 Å². The van der Waals surface area contributed by atoms with Crippen LogP contribution in [0.25, 0.3) is 6.08 Å². The third-order valence-electron chi connectivity index (χ3n) is 3.61. The van der Waals surface area contributed by atoms with Crippen LogP contribution < -0.4 is 5.32 Å². The maximum absolute atomic E-state index is 12.2. The summed E-state index contributed by atoms with van der Waals surface area (Å²) in [5.41, 5.74) is 0.934. The SMILES string of the molecule is CC/C=C\c1cnc(C2CCCN2C(=O)CNC(=O)OC)[nH]1. The maximum atomic E-state index is 12.2.